The van der Waals surface area contributed by atoms with E-state index in [0.717, 1.165) is 31.2 Å². The average molecular weight is 384 g/mol. The average Bonchev–Trinajstić information content (AvgIpc) is 2.67. The zero-order valence-corrected chi connectivity index (χ0v) is 16.6. The van der Waals surface area contributed by atoms with E-state index in [9.17, 15) is 13.7 Å². The van der Waals surface area contributed by atoms with Crippen LogP contribution in [0.5, 0.6) is 5.75 Å². The molecule has 0 aromatic heterocycles. The summed E-state index contributed by atoms with van der Waals surface area (Å²) in [5.74, 6) is 0.584. The Morgan fingerprint density at radius 3 is 2.44 bits per heavy atom. The topological polar surface area (TPSA) is 67.2 Å². The Kier molecular flexibility index (Phi) is 7.63. The minimum Gasteiger partial charge on any atom is -0.493 e. The number of para-hydroxylation sites is 1. The molecule has 2 rings (SSSR count). The smallest absolute Gasteiger partial charge is 0.216 e. The predicted octanol–water partition coefficient (Wildman–Crippen LogP) is 5.29. The van der Waals surface area contributed by atoms with Gasteiger partial charge in [-0.05, 0) is 37.6 Å². The largest absolute Gasteiger partial charge is 0.493 e. The summed E-state index contributed by atoms with van der Waals surface area (Å²) < 4.78 is 31.4. The molecule has 2 aromatic carbocycles. The third kappa shape index (κ3) is 5.70. The van der Waals surface area contributed by atoms with Gasteiger partial charge in [-0.15, -0.1) is 0 Å². The maximum atomic E-state index is 12.8. The van der Waals surface area contributed by atoms with Crippen LogP contribution in [-0.2, 0) is 9.84 Å². The summed E-state index contributed by atoms with van der Waals surface area (Å²) in [6.45, 7) is 4.60. The Morgan fingerprint density at radius 2 is 1.78 bits per heavy atom. The lowest BCUT2D eigenvalue weighted by Crippen LogP contribution is -2.04. The van der Waals surface area contributed by atoms with Crippen molar-refractivity contribution in [1.29, 1.82) is 5.26 Å². The van der Waals surface area contributed by atoms with E-state index in [-0.39, 0.29) is 9.80 Å². The first-order chi connectivity index (χ1) is 13.0. The maximum absolute atomic E-state index is 12.8. The van der Waals surface area contributed by atoms with Crippen molar-refractivity contribution in [2.75, 3.05) is 6.61 Å². The lowest BCUT2D eigenvalue weighted by Gasteiger charge is -2.10. The van der Waals surface area contributed by atoms with Crippen LogP contribution >= 0.6 is 0 Å². The van der Waals surface area contributed by atoms with Gasteiger partial charge in [0.2, 0.25) is 9.84 Å². The lowest BCUT2D eigenvalue weighted by atomic mass is 10.2. The Labute approximate surface area is 162 Å². The van der Waals surface area contributed by atoms with Gasteiger partial charge in [-0.2, -0.15) is 5.26 Å². The minimum absolute atomic E-state index is 0.110. The summed E-state index contributed by atoms with van der Waals surface area (Å²) in [7, 11) is -3.87. The van der Waals surface area contributed by atoms with Crippen LogP contribution in [0.3, 0.4) is 0 Å². The van der Waals surface area contributed by atoms with E-state index in [4.69, 9.17) is 4.74 Å². The lowest BCUT2D eigenvalue weighted by molar-refractivity contribution is 0.304. The van der Waals surface area contributed by atoms with Crippen molar-refractivity contribution < 1.29 is 13.2 Å². The summed E-state index contributed by atoms with van der Waals surface area (Å²) in [5, 5.41) is 9.46. The van der Waals surface area contributed by atoms with Crippen LogP contribution < -0.4 is 4.74 Å². The highest BCUT2D eigenvalue weighted by atomic mass is 32.2. The number of ether oxygens (including phenoxy) is 1. The van der Waals surface area contributed by atoms with E-state index in [0.29, 0.717) is 17.9 Å². The van der Waals surface area contributed by atoms with E-state index in [1.165, 1.54) is 18.2 Å². The maximum Gasteiger partial charge on any atom is 0.216 e. The number of nitriles is 1. The van der Waals surface area contributed by atoms with E-state index >= 15 is 0 Å². The molecule has 0 bridgehead atoms. The summed E-state index contributed by atoms with van der Waals surface area (Å²) in [5.41, 5.74) is 1.54. The standard InChI is InChI=1S/C22H25NO3S/c1-3-4-5-8-15-26-22-10-7-6-9-19(22)16-21(17-23)27(24,25)20-13-11-18(2)12-14-20/h6-7,9-14,16H,3-5,8,15H2,1-2H3. The Bertz CT molecular complexity index is 923. The van der Waals surface area contributed by atoms with Gasteiger partial charge < -0.3 is 4.74 Å². The molecule has 0 unspecified atom stereocenters. The normalized spacial score (nSPS) is 11.8. The number of allylic oxidation sites excluding steroid dienone is 1. The molecule has 4 nitrogen and oxygen atoms in total. The Morgan fingerprint density at radius 1 is 1.07 bits per heavy atom. The molecule has 0 aliphatic heterocycles. The number of nitrogens with zero attached hydrogens (tertiary/aromatic N) is 1. The molecule has 0 aliphatic carbocycles. The first-order valence-electron chi connectivity index (χ1n) is 9.14. The van der Waals surface area contributed by atoms with Crippen molar-refractivity contribution in [3.05, 3.63) is 64.6 Å². The number of benzene rings is 2. The number of hydrogen-bond donors (Lipinski definition) is 0. The quantitative estimate of drug-likeness (QED) is 0.436. The number of unbranched alkanes of at least 4 members (excludes halogenated alkanes) is 3. The second-order valence-electron chi connectivity index (χ2n) is 6.38. The van der Waals surface area contributed by atoms with Crippen molar-refractivity contribution >= 4 is 15.9 Å². The molecule has 0 saturated carbocycles. The molecule has 0 spiro atoms. The fraction of sp³-hybridized carbons (Fsp3) is 0.318. The van der Waals surface area contributed by atoms with E-state index < -0.39 is 9.84 Å². The van der Waals surface area contributed by atoms with E-state index in [2.05, 4.69) is 6.92 Å². The number of rotatable bonds is 9. The van der Waals surface area contributed by atoms with Gasteiger partial charge in [0.15, 0.2) is 0 Å². The molecular formula is C22H25NO3S. The second kappa shape index (κ2) is 9.94. The fourth-order valence-corrected chi connectivity index (χ4v) is 3.75. The molecule has 2 aromatic rings. The van der Waals surface area contributed by atoms with Crippen LogP contribution in [0.2, 0.25) is 0 Å². The zero-order chi connectivity index (χ0) is 19.7. The van der Waals surface area contributed by atoms with Gasteiger partial charge >= 0.3 is 0 Å². The first-order valence-corrected chi connectivity index (χ1v) is 10.6. The molecule has 0 heterocycles. The van der Waals surface area contributed by atoms with Crippen molar-refractivity contribution in [3.63, 3.8) is 0 Å². The first kappa shape index (κ1) is 20.7. The highest BCUT2D eigenvalue weighted by Gasteiger charge is 2.21. The van der Waals surface area contributed by atoms with Crippen molar-refractivity contribution in [2.45, 2.75) is 44.4 Å². The summed E-state index contributed by atoms with van der Waals surface area (Å²) in [6.07, 6.45) is 5.75. The van der Waals surface area contributed by atoms with Crippen LogP contribution in [0, 0.1) is 18.3 Å². The van der Waals surface area contributed by atoms with Gasteiger partial charge in [0.1, 0.15) is 16.7 Å². The van der Waals surface area contributed by atoms with Gasteiger partial charge in [-0.25, -0.2) is 8.42 Å². The van der Waals surface area contributed by atoms with Crippen molar-refractivity contribution in [3.8, 4) is 11.8 Å². The molecule has 0 fully saturated rings. The molecule has 27 heavy (non-hydrogen) atoms. The number of sulfone groups is 1. The van der Waals surface area contributed by atoms with Gasteiger partial charge in [-0.1, -0.05) is 62.1 Å². The Hall–Kier alpha value is -2.58. The molecule has 0 saturated heterocycles. The van der Waals surface area contributed by atoms with Gasteiger partial charge in [0.25, 0.3) is 0 Å². The van der Waals surface area contributed by atoms with Crippen molar-refractivity contribution in [1.82, 2.24) is 0 Å². The van der Waals surface area contributed by atoms with Gasteiger partial charge in [0.05, 0.1) is 11.5 Å². The SMILES string of the molecule is CCCCCCOc1ccccc1C=C(C#N)S(=O)(=O)c1ccc(C)cc1. The van der Waals surface area contributed by atoms with Crippen LogP contribution in [-0.4, -0.2) is 15.0 Å². The minimum atomic E-state index is -3.87. The van der Waals surface area contributed by atoms with Crippen LogP contribution in [0.1, 0.15) is 43.7 Å². The molecule has 5 heteroatoms. The van der Waals surface area contributed by atoms with E-state index in [1.54, 1.807) is 30.3 Å². The number of hydrogen-bond acceptors (Lipinski definition) is 4. The highest BCUT2D eigenvalue weighted by Crippen LogP contribution is 2.26. The zero-order valence-electron chi connectivity index (χ0n) is 15.8. The summed E-state index contributed by atoms with van der Waals surface area (Å²) in [4.78, 5) is -0.188. The fourth-order valence-electron chi connectivity index (χ4n) is 2.60. The van der Waals surface area contributed by atoms with Crippen LogP contribution in [0.15, 0.2) is 58.3 Å². The molecule has 0 N–H and O–H groups in total. The number of aryl methyl sites for hydroxylation is 1. The molecule has 0 amide bonds. The van der Waals surface area contributed by atoms with Crippen LogP contribution in [0.25, 0.3) is 6.08 Å². The molecule has 0 aliphatic rings. The summed E-state index contributed by atoms with van der Waals surface area (Å²) in [6, 6.07) is 15.5. The Balaban J connectivity index is 2.27. The molecule has 142 valence electrons. The van der Waals surface area contributed by atoms with Gasteiger partial charge in [0, 0.05) is 5.56 Å². The third-order valence-corrected chi connectivity index (χ3v) is 5.87. The van der Waals surface area contributed by atoms with Gasteiger partial charge in [-0.3, -0.25) is 0 Å². The molecular weight excluding hydrogens is 358 g/mol. The highest BCUT2D eigenvalue weighted by molar-refractivity contribution is 7.95. The second-order valence-corrected chi connectivity index (χ2v) is 8.30. The summed E-state index contributed by atoms with van der Waals surface area (Å²) >= 11 is 0. The molecule has 0 radical (unpaired) electrons. The third-order valence-electron chi connectivity index (χ3n) is 4.19. The predicted molar refractivity (Wildman–Crippen MR) is 108 cm³/mol. The monoisotopic (exact) mass is 383 g/mol. The molecule has 0 atom stereocenters. The van der Waals surface area contributed by atoms with E-state index in [1.807, 2.05) is 19.1 Å². The van der Waals surface area contributed by atoms with Crippen LogP contribution in [0.4, 0.5) is 0 Å². The van der Waals surface area contributed by atoms with Crippen molar-refractivity contribution in [2.24, 2.45) is 0 Å².